The minimum atomic E-state index is -0.626. The van der Waals surface area contributed by atoms with E-state index in [9.17, 15) is 10.2 Å². The quantitative estimate of drug-likeness (QED) is 0.732. The summed E-state index contributed by atoms with van der Waals surface area (Å²) in [5.74, 6) is 0. The molecule has 2 unspecified atom stereocenters. The van der Waals surface area contributed by atoms with Crippen molar-refractivity contribution in [3.05, 3.63) is 29.8 Å². The molecule has 3 heteroatoms. The van der Waals surface area contributed by atoms with E-state index in [2.05, 4.69) is 0 Å². The third-order valence-electron chi connectivity index (χ3n) is 3.07. The molecular weight excluding hydrogens is 226 g/mol. The van der Waals surface area contributed by atoms with Crippen LogP contribution < -0.4 is 4.90 Å². The minimum Gasteiger partial charge on any atom is -0.374 e. The van der Waals surface area contributed by atoms with Crippen LogP contribution >= 0.6 is 0 Å². The number of hydrogen-bond acceptors (Lipinski definition) is 3. The third-order valence-corrected chi connectivity index (χ3v) is 3.07. The van der Waals surface area contributed by atoms with Gasteiger partial charge in [0.25, 0.3) is 0 Å². The van der Waals surface area contributed by atoms with Crippen molar-refractivity contribution in [1.82, 2.24) is 0 Å². The van der Waals surface area contributed by atoms with Gasteiger partial charge in [0.2, 0.25) is 0 Å². The largest absolute Gasteiger partial charge is 0.374 e. The maximum atomic E-state index is 10.2. The van der Waals surface area contributed by atoms with Gasteiger partial charge in [-0.05, 0) is 31.9 Å². The van der Waals surface area contributed by atoms with Gasteiger partial charge in [0.1, 0.15) is 12.5 Å². The smallest absolute Gasteiger partial charge is 0.129 e. The van der Waals surface area contributed by atoms with Crippen LogP contribution in [0.1, 0.15) is 45.1 Å². The first-order chi connectivity index (χ1) is 8.60. The molecule has 0 aliphatic rings. The predicted molar refractivity (Wildman–Crippen MR) is 75.5 cm³/mol. The summed E-state index contributed by atoms with van der Waals surface area (Å²) in [7, 11) is 0. The topological polar surface area (TPSA) is 43.7 Å². The molecule has 0 saturated carbocycles. The van der Waals surface area contributed by atoms with Crippen molar-refractivity contribution in [3.63, 3.8) is 0 Å². The first-order valence-electron chi connectivity index (χ1n) is 6.81. The first kappa shape index (κ1) is 15.0. The summed E-state index contributed by atoms with van der Waals surface area (Å²) in [4.78, 5) is 1.71. The van der Waals surface area contributed by atoms with Gasteiger partial charge < -0.3 is 15.1 Å². The van der Waals surface area contributed by atoms with Gasteiger partial charge in [-0.15, -0.1) is 0 Å². The number of rotatable bonds is 7. The van der Waals surface area contributed by atoms with Crippen LogP contribution in [0, 0.1) is 6.92 Å². The molecule has 0 saturated heterocycles. The van der Waals surface area contributed by atoms with Crippen LogP contribution in [0.3, 0.4) is 0 Å². The zero-order chi connectivity index (χ0) is 13.5. The fourth-order valence-corrected chi connectivity index (χ4v) is 2.05. The monoisotopic (exact) mass is 251 g/mol. The van der Waals surface area contributed by atoms with E-state index in [1.165, 1.54) is 5.56 Å². The summed E-state index contributed by atoms with van der Waals surface area (Å²) in [6.45, 7) is 6.09. The second-order valence-electron chi connectivity index (χ2n) is 4.78. The lowest BCUT2D eigenvalue weighted by Crippen LogP contribution is -2.43. The Hall–Kier alpha value is -1.06. The van der Waals surface area contributed by atoms with Crippen molar-refractivity contribution in [2.45, 2.75) is 58.9 Å². The van der Waals surface area contributed by atoms with E-state index < -0.39 is 12.5 Å². The second kappa shape index (κ2) is 7.39. The Balaban J connectivity index is 2.91. The SMILES string of the molecule is CCCC(O)N(c1ccc(C)cc1)C(O)CCC. The molecular formula is C15H25NO2. The van der Waals surface area contributed by atoms with Crippen molar-refractivity contribution >= 4 is 5.69 Å². The molecule has 0 aromatic heterocycles. The molecule has 1 aromatic carbocycles. The summed E-state index contributed by atoms with van der Waals surface area (Å²) < 4.78 is 0. The van der Waals surface area contributed by atoms with Gasteiger partial charge in [0.15, 0.2) is 0 Å². The molecule has 2 N–H and O–H groups in total. The molecule has 0 bridgehead atoms. The molecule has 0 heterocycles. The molecule has 1 aromatic rings. The van der Waals surface area contributed by atoms with Gasteiger partial charge in [-0.25, -0.2) is 0 Å². The Kier molecular flexibility index (Phi) is 6.16. The van der Waals surface area contributed by atoms with Gasteiger partial charge in [-0.3, -0.25) is 0 Å². The Bertz CT molecular complexity index is 325. The van der Waals surface area contributed by atoms with Crippen LogP contribution in [0.15, 0.2) is 24.3 Å². The highest BCUT2D eigenvalue weighted by Crippen LogP contribution is 2.22. The van der Waals surface area contributed by atoms with Gasteiger partial charge in [-0.1, -0.05) is 44.4 Å². The van der Waals surface area contributed by atoms with Crippen LogP contribution in [-0.2, 0) is 0 Å². The van der Waals surface area contributed by atoms with E-state index in [0.29, 0.717) is 12.8 Å². The highest BCUT2D eigenvalue weighted by atomic mass is 16.3. The van der Waals surface area contributed by atoms with Crippen LogP contribution in [0.4, 0.5) is 5.69 Å². The molecule has 0 amide bonds. The third kappa shape index (κ3) is 4.00. The van der Waals surface area contributed by atoms with Crippen LogP contribution in [0.5, 0.6) is 0 Å². The fourth-order valence-electron chi connectivity index (χ4n) is 2.05. The van der Waals surface area contributed by atoms with Crippen molar-refractivity contribution < 1.29 is 10.2 Å². The van der Waals surface area contributed by atoms with E-state index in [4.69, 9.17) is 0 Å². The molecule has 1 rings (SSSR count). The lowest BCUT2D eigenvalue weighted by molar-refractivity contribution is 0.0736. The molecule has 0 radical (unpaired) electrons. The van der Waals surface area contributed by atoms with E-state index >= 15 is 0 Å². The van der Waals surface area contributed by atoms with Crippen LogP contribution in [0.2, 0.25) is 0 Å². The van der Waals surface area contributed by atoms with Crippen LogP contribution in [-0.4, -0.2) is 22.7 Å². The maximum absolute atomic E-state index is 10.2. The van der Waals surface area contributed by atoms with E-state index in [1.54, 1.807) is 4.90 Å². The van der Waals surface area contributed by atoms with Gasteiger partial charge in [0.05, 0.1) is 0 Å². The number of aliphatic hydroxyl groups excluding tert-OH is 2. The zero-order valence-electron chi connectivity index (χ0n) is 11.6. The second-order valence-corrected chi connectivity index (χ2v) is 4.78. The standard InChI is InChI=1S/C15H25NO2/c1-4-6-14(17)16(15(18)7-5-2)13-10-8-12(3)9-11-13/h8-11,14-15,17-18H,4-7H2,1-3H3. The lowest BCUT2D eigenvalue weighted by atomic mass is 10.1. The van der Waals surface area contributed by atoms with E-state index in [0.717, 1.165) is 18.5 Å². The average Bonchev–Trinajstić information content (AvgIpc) is 2.33. The highest BCUT2D eigenvalue weighted by Gasteiger charge is 2.22. The zero-order valence-corrected chi connectivity index (χ0v) is 11.6. The number of nitrogens with zero attached hydrogens (tertiary/aromatic N) is 1. The van der Waals surface area contributed by atoms with Crippen molar-refractivity contribution in [2.75, 3.05) is 4.90 Å². The van der Waals surface area contributed by atoms with E-state index in [1.807, 2.05) is 45.0 Å². The number of anilines is 1. The molecule has 0 spiro atoms. The summed E-state index contributed by atoms with van der Waals surface area (Å²) in [5, 5.41) is 20.4. The minimum absolute atomic E-state index is 0.626. The molecule has 102 valence electrons. The normalized spacial score (nSPS) is 14.3. The number of aliphatic hydroxyl groups is 2. The molecule has 3 nitrogen and oxygen atoms in total. The highest BCUT2D eigenvalue weighted by molar-refractivity contribution is 5.48. The Morgan fingerprint density at radius 2 is 1.39 bits per heavy atom. The van der Waals surface area contributed by atoms with Crippen molar-refractivity contribution in [1.29, 1.82) is 0 Å². The summed E-state index contributed by atoms with van der Waals surface area (Å²) in [5.41, 5.74) is 2.05. The van der Waals surface area contributed by atoms with E-state index in [-0.39, 0.29) is 0 Å². The Labute approximate surface area is 110 Å². The van der Waals surface area contributed by atoms with Gasteiger partial charge in [0, 0.05) is 5.69 Å². The first-order valence-corrected chi connectivity index (χ1v) is 6.81. The average molecular weight is 251 g/mol. The summed E-state index contributed by atoms with van der Waals surface area (Å²) in [6, 6.07) is 7.90. The number of benzene rings is 1. The molecule has 2 atom stereocenters. The molecule has 18 heavy (non-hydrogen) atoms. The number of hydrogen-bond donors (Lipinski definition) is 2. The molecule has 0 aliphatic heterocycles. The summed E-state index contributed by atoms with van der Waals surface area (Å²) >= 11 is 0. The van der Waals surface area contributed by atoms with Gasteiger partial charge in [-0.2, -0.15) is 0 Å². The predicted octanol–water partition coefficient (Wildman–Crippen LogP) is 3.04. The fraction of sp³-hybridized carbons (Fsp3) is 0.600. The Morgan fingerprint density at radius 1 is 0.944 bits per heavy atom. The molecule has 0 fully saturated rings. The summed E-state index contributed by atoms with van der Waals surface area (Å²) in [6.07, 6.45) is 1.85. The van der Waals surface area contributed by atoms with Crippen LogP contribution in [0.25, 0.3) is 0 Å². The maximum Gasteiger partial charge on any atom is 0.129 e. The Morgan fingerprint density at radius 3 is 1.78 bits per heavy atom. The molecule has 0 aliphatic carbocycles. The van der Waals surface area contributed by atoms with Crippen molar-refractivity contribution in [2.24, 2.45) is 0 Å². The number of aryl methyl sites for hydroxylation is 1. The lowest BCUT2D eigenvalue weighted by Gasteiger charge is -2.34. The van der Waals surface area contributed by atoms with Gasteiger partial charge >= 0.3 is 0 Å². The van der Waals surface area contributed by atoms with Crippen molar-refractivity contribution in [3.8, 4) is 0 Å².